The number of nitrogens with zero attached hydrogens (tertiary/aromatic N) is 4. The van der Waals surface area contributed by atoms with Gasteiger partial charge in [-0.1, -0.05) is 11.6 Å². The number of hydrogen-bond acceptors (Lipinski definition) is 6. The number of aromatic nitrogens is 2. The first-order chi connectivity index (χ1) is 12.0. The van der Waals surface area contributed by atoms with Gasteiger partial charge >= 0.3 is 0 Å². The normalized spacial score (nSPS) is 15.0. The molecule has 8 nitrogen and oxygen atoms in total. The zero-order valence-corrected chi connectivity index (χ0v) is 13.9. The molecule has 1 fully saturated rings. The van der Waals surface area contributed by atoms with Gasteiger partial charge < -0.3 is 9.64 Å². The maximum atomic E-state index is 12.6. The van der Waals surface area contributed by atoms with Crippen molar-refractivity contribution in [2.24, 2.45) is 0 Å². The van der Waals surface area contributed by atoms with Gasteiger partial charge in [0.1, 0.15) is 18.0 Å². The predicted molar refractivity (Wildman–Crippen MR) is 89.7 cm³/mol. The van der Waals surface area contributed by atoms with E-state index in [2.05, 4.69) is 9.97 Å². The molecule has 1 aromatic heterocycles. The smallest absolute Gasteiger partial charge is 0.282 e. The first-order valence-electron chi connectivity index (χ1n) is 7.70. The summed E-state index contributed by atoms with van der Waals surface area (Å²) in [5.41, 5.74) is -0.235. The number of likely N-dealkylation sites (tertiary alicyclic amines) is 1. The van der Waals surface area contributed by atoms with Crippen molar-refractivity contribution in [1.82, 2.24) is 14.9 Å². The topological polar surface area (TPSA) is 98.5 Å². The van der Waals surface area contributed by atoms with Crippen LogP contribution in [0.3, 0.4) is 0 Å². The second-order valence-electron chi connectivity index (χ2n) is 5.58. The van der Waals surface area contributed by atoms with Crippen LogP contribution >= 0.6 is 11.6 Å². The quantitative estimate of drug-likeness (QED) is 0.612. The van der Waals surface area contributed by atoms with E-state index < -0.39 is 10.8 Å². The number of halogens is 1. The Labute approximate surface area is 148 Å². The third-order valence-electron chi connectivity index (χ3n) is 3.96. The molecule has 0 N–H and O–H groups in total. The minimum Gasteiger partial charge on any atom is -0.474 e. The summed E-state index contributed by atoms with van der Waals surface area (Å²) >= 11 is 5.89. The van der Waals surface area contributed by atoms with Crippen LogP contribution in [-0.2, 0) is 0 Å². The van der Waals surface area contributed by atoms with E-state index in [1.54, 1.807) is 17.2 Å². The second-order valence-corrected chi connectivity index (χ2v) is 6.01. The number of carbonyl (C=O) groups excluding carboxylic acids is 1. The number of piperidine rings is 1. The van der Waals surface area contributed by atoms with E-state index in [1.165, 1.54) is 24.5 Å². The number of carbonyl (C=O) groups is 1. The lowest BCUT2D eigenvalue weighted by molar-refractivity contribution is -0.385. The van der Waals surface area contributed by atoms with Crippen molar-refractivity contribution >= 4 is 23.2 Å². The van der Waals surface area contributed by atoms with Gasteiger partial charge in [0, 0.05) is 49.3 Å². The molecule has 0 bridgehead atoms. The SMILES string of the molecule is O=C(c1cc(Cl)ccc1[N+](=O)[O-])N1CCC(Oc2ccncn2)CC1. The van der Waals surface area contributed by atoms with Gasteiger partial charge in [0.05, 0.1) is 4.92 Å². The van der Waals surface area contributed by atoms with E-state index in [0.717, 1.165) is 0 Å². The van der Waals surface area contributed by atoms with Crippen LogP contribution in [0.1, 0.15) is 23.2 Å². The van der Waals surface area contributed by atoms with Crippen LogP contribution in [-0.4, -0.2) is 44.9 Å². The third kappa shape index (κ3) is 4.03. The zero-order chi connectivity index (χ0) is 17.8. The highest BCUT2D eigenvalue weighted by molar-refractivity contribution is 6.31. The molecule has 0 radical (unpaired) electrons. The summed E-state index contributed by atoms with van der Waals surface area (Å²) in [7, 11) is 0. The second kappa shape index (κ2) is 7.43. The Morgan fingerprint density at radius 3 is 2.72 bits per heavy atom. The first-order valence-corrected chi connectivity index (χ1v) is 8.08. The molecule has 3 rings (SSSR count). The Morgan fingerprint density at radius 1 is 1.32 bits per heavy atom. The molecular formula is C16H15ClN4O4. The van der Waals surface area contributed by atoms with Gasteiger partial charge in [-0.15, -0.1) is 0 Å². The largest absolute Gasteiger partial charge is 0.474 e. The molecule has 25 heavy (non-hydrogen) atoms. The van der Waals surface area contributed by atoms with Gasteiger partial charge in [0.2, 0.25) is 5.88 Å². The summed E-state index contributed by atoms with van der Waals surface area (Å²) in [5, 5.41) is 11.4. The highest BCUT2D eigenvalue weighted by atomic mass is 35.5. The highest BCUT2D eigenvalue weighted by Gasteiger charge is 2.29. The van der Waals surface area contributed by atoms with E-state index in [-0.39, 0.29) is 22.4 Å². The summed E-state index contributed by atoms with van der Waals surface area (Å²) in [6.07, 6.45) is 4.17. The average Bonchev–Trinajstić information content (AvgIpc) is 2.62. The Bertz CT molecular complexity index is 779. The predicted octanol–water partition coefficient (Wildman–Crippen LogP) is 2.72. The van der Waals surface area contributed by atoms with Crippen molar-refractivity contribution in [1.29, 1.82) is 0 Å². The van der Waals surface area contributed by atoms with Crippen molar-refractivity contribution in [2.75, 3.05) is 13.1 Å². The molecule has 0 atom stereocenters. The van der Waals surface area contributed by atoms with Crippen LogP contribution in [0.2, 0.25) is 5.02 Å². The van der Waals surface area contributed by atoms with Crippen LogP contribution in [0.4, 0.5) is 5.69 Å². The van der Waals surface area contributed by atoms with Crippen LogP contribution in [0.5, 0.6) is 5.88 Å². The zero-order valence-electron chi connectivity index (χ0n) is 13.2. The fourth-order valence-corrected chi connectivity index (χ4v) is 2.88. The van der Waals surface area contributed by atoms with E-state index in [4.69, 9.17) is 16.3 Å². The number of nitro benzene ring substituents is 1. The summed E-state index contributed by atoms with van der Waals surface area (Å²) in [4.78, 5) is 32.6. The molecule has 1 aliphatic rings. The van der Waals surface area contributed by atoms with Crippen LogP contribution < -0.4 is 4.74 Å². The van der Waals surface area contributed by atoms with Crippen molar-refractivity contribution in [3.05, 3.63) is 57.5 Å². The minimum atomic E-state index is -0.575. The molecular weight excluding hydrogens is 348 g/mol. The number of nitro groups is 1. The van der Waals surface area contributed by atoms with E-state index in [0.29, 0.717) is 31.8 Å². The van der Waals surface area contributed by atoms with Gasteiger partial charge in [-0.3, -0.25) is 14.9 Å². The van der Waals surface area contributed by atoms with Gasteiger partial charge in [-0.25, -0.2) is 9.97 Å². The molecule has 0 saturated carbocycles. The Morgan fingerprint density at radius 2 is 2.08 bits per heavy atom. The maximum absolute atomic E-state index is 12.6. The lowest BCUT2D eigenvalue weighted by Gasteiger charge is -2.31. The molecule has 1 aliphatic heterocycles. The van der Waals surface area contributed by atoms with E-state index in [9.17, 15) is 14.9 Å². The van der Waals surface area contributed by atoms with Crippen molar-refractivity contribution in [3.63, 3.8) is 0 Å². The van der Waals surface area contributed by atoms with Crippen LogP contribution in [0.25, 0.3) is 0 Å². The first kappa shape index (κ1) is 17.1. The molecule has 0 aliphatic carbocycles. The third-order valence-corrected chi connectivity index (χ3v) is 4.19. The molecule has 1 saturated heterocycles. The molecule has 2 heterocycles. The van der Waals surface area contributed by atoms with E-state index in [1.807, 2.05) is 0 Å². The Hall–Kier alpha value is -2.74. The molecule has 9 heteroatoms. The number of amides is 1. The number of hydrogen-bond donors (Lipinski definition) is 0. The monoisotopic (exact) mass is 362 g/mol. The Balaban J connectivity index is 1.66. The maximum Gasteiger partial charge on any atom is 0.282 e. The van der Waals surface area contributed by atoms with Crippen LogP contribution in [0.15, 0.2) is 36.8 Å². The average molecular weight is 363 g/mol. The Kier molecular flexibility index (Phi) is 5.08. The fraction of sp³-hybridized carbons (Fsp3) is 0.312. The number of rotatable bonds is 4. The molecule has 2 aromatic rings. The minimum absolute atomic E-state index is 0.00710. The van der Waals surface area contributed by atoms with Crippen molar-refractivity contribution in [2.45, 2.75) is 18.9 Å². The van der Waals surface area contributed by atoms with Crippen LogP contribution in [0, 0.1) is 10.1 Å². The lowest BCUT2D eigenvalue weighted by atomic mass is 10.1. The van der Waals surface area contributed by atoms with Crippen molar-refractivity contribution < 1.29 is 14.5 Å². The lowest BCUT2D eigenvalue weighted by Crippen LogP contribution is -2.42. The highest BCUT2D eigenvalue weighted by Crippen LogP contribution is 2.26. The standard InChI is InChI=1S/C16H15ClN4O4/c17-11-1-2-14(21(23)24)13(9-11)16(22)20-7-4-12(5-8-20)25-15-3-6-18-10-19-15/h1-3,6,9-10,12H,4-5,7-8H2. The molecule has 130 valence electrons. The van der Waals surface area contributed by atoms with Gasteiger partial charge in [-0.2, -0.15) is 0 Å². The summed E-state index contributed by atoms with van der Waals surface area (Å²) in [5.74, 6) is 0.0972. The van der Waals surface area contributed by atoms with E-state index >= 15 is 0 Å². The fourth-order valence-electron chi connectivity index (χ4n) is 2.70. The number of benzene rings is 1. The van der Waals surface area contributed by atoms with Gasteiger partial charge in [-0.05, 0) is 12.1 Å². The summed E-state index contributed by atoms with van der Waals surface area (Å²) in [6.45, 7) is 0.885. The van der Waals surface area contributed by atoms with Crippen molar-refractivity contribution in [3.8, 4) is 5.88 Å². The van der Waals surface area contributed by atoms with Gasteiger partial charge in [0.25, 0.3) is 11.6 Å². The summed E-state index contributed by atoms with van der Waals surface area (Å²) < 4.78 is 5.75. The molecule has 0 unspecified atom stereocenters. The number of ether oxygens (including phenoxy) is 1. The molecule has 1 aromatic carbocycles. The molecule has 1 amide bonds. The summed E-state index contributed by atoms with van der Waals surface area (Å²) in [6, 6.07) is 5.66. The molecule has 0 spiro atoms. The van der Waals surface area contributed by atoms with Gasteiger partial charge in [0.15, 0.2) is 0 Å².